The fourth-order valence-electron chi connectivity index (χ4n) is 2.45. The van der Waals surface area contributed by atoms with Crippen molar-refractivity contribution >= 4 is 5.91 Å². The Kier molecular flexibility index (Phi) is 2.14. The smallest absolute Gasteiger partial charge is 0.230 e. The van der Waals surface area contributed by atoms with Gasteiger partial charge in [-0.2, -0.15) is 0 Å². The van der Waals surface area contributed by atoms with Crippen LogP contribution in [-0.2, 0) is 4.79 Å². The van der Waals surface area contributed by atoms with Gasteiger partial charge in [0.15, 0.2) is 0 Å². The topological polar surface area (TPSA) is 29.1 Å². The van der Waals surface area contributed by atoms with Gasteiger partial charge in [0.1, 0.15) is 0 Å². The zero-order valence-electron chi connectivity index (χ0n) is 8.18. The van der Waals surface area contributed by atoms with Crippen LogP contribution in [0.15, 0.2) is 12.2 Å². The first-order valence-corrected chi connectivity index (χ1v) is 5.24. The monoisotopic (exact) mass is 179 g/mol. The highest BCUT2D eigenvalue weighted by molar-refractivity contribution is 5.85. The lowest BCUT2D eigenvalue weighted by Gasteiger charge is -2.21. The lowest BCUT2D eigenvalue weighted by molar-refractivity contribution is -0.128. The number of nitrogens with one attached hydrogen (secondary N) is 1. The van der Waals surface area contributed by atoms with Gasteiger partial charge in [-0.15, -0.1) is 0 Å². The molecule has 0 radical (unpaired) electrons. The average Bonchev–Trinajstić information content (AvgIpc) is 2.74. The molecule has 13 heavy (non-hydrogen) atoms. The third kappa shape index (κ3) is 1.38. The maximum atomic E-state index is 11.8. The largest absolute Gasteiger partial charge is 0.355 e. The summed E-state index contributed by atoms with van der Waals surface area (Å²) in [5, 5.41) is 3.00. The minimum absolute atomic E-state index is 0.111. The Balaban J connectivity index is 1.99. The Morgan fingerprint density at radius 2 is 2.54 bits per heavy atom. The molecule has 2 aliphatic carbocycles. The third-order valence-electron chi connectivity index (χ3n) is 3.26. The van der Waals surface area contributed by atoms with Crippen LogP contribution in [0.5, 0.6) is 0 Å². The van der Waals surface area contributed by atoms with Crippen LogP contribution in [0.3, 0.4) is 0 Å². The second kappa shape index (κ2) is 3.17. The maximum absolute atomic E-state index is 11.8. The second-order valence-corrected chi connectivity index (χ2v) is 4.27. The third-order valence-corrected chi connectivity index (χ3v) is 3.26. The summed E-state index contributed by atoms with van der Waals surface area (Å²) < 4.78 is 0. The van der Waals surface area contributed by atoms with Crippen molar-refractivity contribution in [2.75, 3.05) is 6.54 Å². The minimum Gasteiger partial charge on any atom is -0.355 e. The molecule has 72 valence electrons. The number of carbonyl (C=O) groups excluding carboxylic acids is 1. The van der Waals surface area contributed by atoms with E-state index in [0.717, 1.165) is 25.8 Å². The molecule has 0 heterocycles. The van der Waals surface area contributed by atoms with E-state index < -0.39 is 0 Å². The van der Waals surface area contributed by atoms with E-state index in [1.54, 1.807) is 0 Å². The van der Waals surface area contributed by atoms with Gasteiger partial charge < -0.3 is 5.32 Å². The predicted octanol–water partition coefficient (Wildman–Crippen LogP) is 1.87. The number of hydrogen-bond donors (Lipinski definition) is 1. The minimum atomic E-state index is -0.111. The lowest BCUT2D eigenvalue weighted by atomic mass is 9.87. The van der Waals surface area contributed by atoms with Crippen LogP contribution in [0.1, 0.15) is 32.6 Å². The van der Waals surface area contributed by atoms with Crippen molar-refractivity contribution in [2.45, 2.75) is 32.6 Å². The summed E-state index contributed by atoms with van der Waals surface area (Å²) in [4.78, 5) is 11.8. The van der Waals surface area contributed by atoms with E-state index in [9.17, 15) is 4.79 Å². The molecule has 0 spiro atoms. The molecule has 1 amide bonds. The van der Waals surface area contributed by atoms with Gasteiger partial charge >= 0.3 is 0 Å². The van der Waals surface area contributed by atoms with Crippen LogP contribution >= 0.6 is 0 Å². The van der Waals surface area contributed by atoms with E-state index in [1.807, 2.05) is 0 Å². The molecule has 2 rings (SSSR count). The molecule has 0 aromatic carbocycles. The Morgan fingerprint density at radius 1 is 1.69 bits per heavy atom. The van der Waals surface area contributed by atoms with Crippen molar-refractivity contribution < 1.29 is 4.79 Å². The first kappa shape index (κ1) is 8.79. The molecule has 1 N–H and O–H groups in total. The maximum Gasteiger partial charge on any atom is 0.230 e. The zero-order chi connectivity index (χ0) is 9.31. The lowest BCUT2D eigenvalue weighted by Crippen LogP contribution is -2.37. The number of carbonyl (C=O) groups is 1. The average molecular weight is 179 g/mol. The molecule has 0 saturated heterocycles. The normalized spacial score (nSPS) is 35.3. The van der Waals surface area contributed by atoms with Gasteiger partial charge in [-0.05, 0) is 31.6 Å². The van der Waals surface area contributed by atoms with Gasteiger partial charge in [0, 0.05) is 6.54 Å². The highest BCUT2D eigenvalue weighted by Crippen LogP contribution is 2.49. The summed E-state index contributed by atoms with van der Waals surface area (Å²) in [6.07, 6.45) is 8.69. The van der Waals surface area contributed by atoms with Gasteiger partial charge in [0.25, 0.3) is 0 Å². The first-order chi connectivity index (χ1) is 6.27. The number of rotatable bonds is 3. The van der Waals surface area contributed by atoms with Crippen molar-refractivity contribution in [3.05, 3.63) is 12.2 Å². The Labute approximate surface area is 79.4 Å². The predicted molar refractivity (Wildman–Crippen MR) is 52.2 cm³/mol. The van der Waals surface area contributed by atoms with Crippen molar-refractivity contribution in [2.24, 2.45) is 11.3 Å². The van der Waals surface area contributed by atoms with Crippen molar-refractivity contribution in [1.29, 1.82) is 0 Å². The molecule has 2 aliphatic rings. The van der Waals surface area contributed by atoms with Crippen LogP contribution in [0.2, 0.25) is 0 Å². The zero-order valence-corrected chi connectivity index (χ0v) is 8.18. The number of allylic oxidation sites excluding steroid dienone is 1. The Bertz CT molecular complexity index is 246. The molecule has 2 nitrogen and oxygen atoms in total. The van der Waals surface area contributed by atoms with E-state index in [1.165, 1.54) is 6.42 Å². The van der Waals surface area contributed by atoms with Crippen LogP contribution in [0.25, 0.3) is 0 Å². The summed E-state index contributed by atoms with van der Waals surface area (Å²) in [7, 11) is 0. The molecular weight excluding hydrogens is 162 g/mol. The van der Waals surface area contributed by atoms with Gasteiger partial charge in [-0.3, -0.25) is 4.79 Å². The number of fused-ring (bicyclic) bond motifs is 2. The highest BCUT2D eigenvalue weighted by Gasteiger charge is 2.45. The summed E-state index contributed by atoms with van der Waals surface area (Å²) in [5.74, 6) is 0.943. The first-order valence-electron chi connectivity index (χ1n) is 5.24. The van der Waals surface area contributed by atoms with Crippen LogP contribution < -0.4 is 5.32 Å². The standard InChI is InChI=1S/C11H17NO/c1-2-7-12-10(13)11-5-3-9(8-11)4-6-11/h3,5,9H,2,4,6-8H2,1H3,(H,12,13). The quantitative estimate of drug-likeness (QED) is 0.658. The van der Waals surface area contributed by atoms with Gasteiger partial charge in [-0.1, -0.05) is 19.1 Å². The molecule has 0 aromatic rings. The van der Waals surface area contributed by atoms with Gasteiger partial charge in [-0.25, -0.2) is 0 Å². The van der Waals surface area contributed by atoms with Crippen LogP contribution in [-0.4, -0.2) is 12.5 Å². The summed E-state index contributed by atoms with van der Waals surface area (Å²) in [6, 6.07) is 0. The molecular formula is C11H17NO. The van der Waals surface area contributed by atoms with Crippen LogP contribution in [0.4, 0.5) is 0 Å². The Morgan fingerprint density at radius 3 is 3.00 bits per heavy atom. The van der Waals surface area contributed by atoms with E-state index in [4.69, 9.17) is 0 Å². The second-order valence-electron chi connectivity index (χ2n) is 4.27. The summed E-state index contributed by atoms with van der Waals surface area (Å²) in [6.45, 7) is 2.90. The summed E-state index contributed by atoms with van der Waals surface area (Å²) in [5.41, 5.74) is -0.111. The molecule has 2 heteroatoms. The van der Waals surface area contributed by atoms with Crippen LogP contribution in [0, 0.1) is 11.3 Å². The summed E-state index contributed by atoms with van der Waals surface area (Å²) >= 11 is 0. The van der Waals surface area contributed by atoms with E-state index in [0.29, 0.717) is 5.92 Å². The molecule has 2 bridgehead atoms. The molecule has 0 aliphatic heterocycles. The Hall–Kier alpha value is -0.790. The molecule has 2 atom stereocenters. The molecule has 1 saturated carbocycles. The fraction of sp³-hybridized carbons (Fsp3) is 0.727. The fourth-order valence-corrected chi connectivity index (χ4v) is 2.45. The molecule has 2 unspecified atom stereocenters. The van der Waals surface area contributed by atoms with Crippen molar-refractivity contribution in [3.8, 4) is 0 Å². The van der Waals surface area contributed by atoms with Crippen molar-refractivity contribution in [1.82, 2.24) is 5.32 Å². The highest BCUT2D eigenvalue weighted by atomic mass is 16.2. The molecule has 0 aromatic heterocycles. The SMILES string of the molecule is CCCNC(=O)C12C=CC(CC1)C2. The molecule has 1 fully saturated rings. The number of amides is 1. The van der Waals surface area contributed by atoms with E-state index in [-0.39, 0.29) is 11.3 Å². The van der Waals surface area contributed by atoms with E-state index in [2.05, 4.69) is 24.4 Å². The number of hydrogen-bond acceptors (Lipinski definition) is 1. The van der Waals surface area contributed by atoms with Gasteiger partial charge in [0.2, 0.25) is 5.91 Å². The van der Waals surface area contributed by atoms with E-state index >= 15 is 0 Å². The van der Waals surface area contributed by atoms with Crippen molar-refractivity contribution in [3.63, 3.8) is 0 Å². The van der Waals surface area contributed by atoms with Gasteiger partial charge in [0.05, 0.1) is 5.41 Å².